The lowest BCUT2D eigenvalue weighted by Gasteiger charge is -2.44. The molecule has 1 saturated carbocycles. The van der Waals surface area contributed by atoms with Crippen LogP contribution in [0.3, 0.4) is 0 Å². The van der Waals surface area contributed by atoms with Gasteiger partial charge in [0.15, 0.2) is 10.8 Å². The predicted octanol–water partition coefficient (Wildman–Crippen LogP) is 1.78. The molecule has 1 aliphatic carbocycles. The van der Waals surface area contributed by atoms with E-state index in [1.54, 1.807) is 5.38 Å². The fraction of sp³-hybridized carbons (Fsp3) is 0.652. The highest BCUT2D eigenvalue weighted by Crippen LogP contribution is 2.51. The predicted molar refractivity (Wildman–Crippen MR) is 136 cm³/mol. The van der Waals surface area contributed by atoms with E-state index < -0.39 is 52.2 Å². The van der Waals surface area contributed by atoms with Crippen molar-refractivity contribution in [3.63, 3.8) is 0 Å². The van der Waals surface area contributed by atoms with Crippen molar-refractivity contribution in [3.05, 3.63) is 11.1 Å². The molecule has 4 atom stereocenters. The van der Waals surface area contributed by atoms with Crippen molar-refractivity contribution in [2.24, 2.45) is 5.16 Å². The van der Waals surface area contributed by atoms with Crippen LogP contribution in [-0.4, -0.2) is 73.9 Å². The maximum atomic E-state index is 13.3. The highest BCUT2D eigenvalue weighted by Gasteiger charge is 2.64. The van der Waals surface area contributed by atoms with E-state index in [2.05, 4.69) is 15.5 Å². The van der Waals surface area contributed by atoms with Crippen LogP contribution < -0.4 is 11.1 Å². The highest BCUT2D eigenvalue weighted by molar-refractivity contribution is 8.01. The van der Waals surface area contributed by atoms with E-state index in [0.717, 1.165) is 32.1 Å². The van der Waals surface area contributed by atoms with Crippen LogP contribution in [0.25, 0.3) is 0 Å². The van der Waals surface area contributed by atoms with Gasteiger partial charge in [0.1, 0.15) is 29.3 Å². The third-order valence-electron chi connectivity index (χ3n) is 6.39. The fourth-order valence-electron chi connectivity index (χ4n) is 4.72. The van der Waals surface area contributed by atoms with Gasteiger partial charge in [-0.15, -0.1) is 23.1 Å². The fourth-order valence-corrected chi connectivity index (χ4v) is 6.89. The van der Waals surface area contributed by atoms with Crippen LogP contribution in [0, 0.1) is 0 Å². The van der Waals surface area contributed by atoms with E-state index in [0.29, 0.717) is 0 Å². The van der Waals surface area contributed by atoms with E-state index >= 15 is 0 Å². The van der Waals surface area contributed by atoms with Crippen molar-refractivity contribution in [2.45, 2.75) is 94.4 Å². The summed E-state index contributed by atoms with van der Waals surface area (Å²) in [6.45, 7) is 6.26. The Balaban J connectivity index is 1.46. The molecular formula is C23H31N5O7S2. The quantitative estimate of drug-likeness (QED) is 0.159. The summed E-state index contributed by atoms with van der Waals surface area (Å²) in [5, 5.41) is 8.26. The number of anilines is 1. The van der Waals surface area contributed by atoms with Gasteiger partial charge in [0.2, 0.25) is 12.2 Å². The average molecular weight is 554 g/mol. The first-order valence-corrected chi connectivity index (χ1v) is 13.9. The minimum atomic E-state index is -1.09. The summed E-state index contributed by atoms with van der Waals surface area (Å²) in [6.07, 6.45) is 3.76. The lowest BCUT2D eigenvalue weighted by molar-refractivity contribution is -0.190. The smallest absolute Gasteiger partial charge is 0.333 e. The molecule has 2 amide bonds. The van der Waals surface area contributed by atoms with Crippen LogP contribution in [0.1, 0.15) is 65.5 Å². The van der Waals surface area contributed by atoms with E-state index in [1.807, 2.05) is 13.8 Å². The Labute approximate surface area is 222 Å². The molecule has 0 spiro atoms. The molecule has 1 aromatic heterocycles. The van der Waals surface area contributed by atoms with E-state index in [9.17, 15) is 19.2 Å². The maximum absolute atomic E-state index is 13.3. The summed E-state index contributed by atoms with van der Waals surface area (Å²) in [7, 11) is 0. The Hall–Kier alpha value is -2.87. The summed E-state index contributed by atoms with van der Waals surface area (Å²) in [6, 6.07) is -1.79. The molecule has 1 aromatic rings. The van der Waals surface area contributed by atoms with Crippen molar-refractivity contribution in [1.29, 1.82) is 0 Å². The zero-order valence-corrected chi connectivity index (χ0v) is 22.7. The van der Waals surface area contributed by atoms with Gasteiger partial charge >= 0.3 is 11.9 Å². The van der Waals surface area contributed by atoms with Gasteiger partial charge in [0, 0.05) is 24.0 Å². The number of hydrogen-bond acceptors (Lipinski definition) is 12. The van der Waals surface area contributed by atoms with Gasteiger partial charge in [-0.25, -0.2) is 9.78 Å². The van der Waals surface area contributed by atoms with Crippen molar-refractivity contribution in [1.82, 2.24) is 15.2 Å². The van der Waals surface area contributed by atoms with Crippen LogP contribution in [0.2, 0.25) is 0 Å². The number of carbonyl (C=O) groups is 4. The zero-order valence-electron chi connectivity index (χ0n) is 21.1. The van der Waals surface area contributed by atoms with Crippen LogP contribution in [0.5, 0.6) is 0 Å². The van der Waals surface area contributed by atoms with Gasteiger partial charge in [-0.2, -0.15) is 0 Å². The Kier molecular flexibility index (Phi) is 7.97. The number of fused-ring (bicyclic) bond motifs is 1. The number of thiazole rings is 1. The van der Waals surface area contributed by atoms with Crippen molar-refractivity contribution in [3.8, 4) is 0 Å². The lowest BCUT2D eigenvalue weighted by Crippen LogP contribution is -2.71. The normalized spacial score (nSPS) is 26.1. The third kappa shape index (κ3) is 5.84. The second kappa shape index (κ2) is 10.9. The maximum Gasteiger partial charge on any atom is 0.333 e. The van der Waals surface area contributed by atoms with Crippen LogP contribution >= 0.6 is 23.1 Å². The van der Waals surface area contributed by atoms with Gasteiger partial charge in [-0.1, -0.05) is 11.6 Å². The number of aromatic nitrogens is 1. The summed E-state index contributed by atoms with van der Waals surface area (Å²) in [4.78, 5) is 61.7. The van der Waals surface area contributed by atoms with Gasteiger partial charge in [-0.05, 0) is 39.5 Å². The number of nitrogens with one attached hydrogen (secondary N) is 1. The molecule has 202 valence electrons. The van der Waals surface area contributed by atoms with Gasteiger partial charge < -0.3 is 30.3 Å². The topological polar surface area (TPSA) is 163 Å². The van der Waals surface area contributed by atoms with Gasteiger partial charge in [-0.3, -0.25) is 14.4 Å². The molecular weight excluding hydrogens is 522 g/mol. The molecule has 0 bridgehead atoms. The number of nitrogens with two attached hydrogens (primary N) is 1. The zero-order chi connectivity index (χ0) is 26.9. The monoisotopic (exact) mass is 553 g/mol. The number of hydrogen-bond donors (Lipinski definition) is 2. The summed E-state index contributed by atoms with van der Waals surface area (Å²) in [5.41, 5.74) is 5.97. The number of rotatable bonds is 8. The second-order valence-corrected chi connectivity index (χ2v) is 12.4. The lowest BCUT2D eigenvalue weighted by atomic mass is 9.96. The number of β-lactam (4-membered cyclic amide) rings is 1. The first kappa shape index (κ1) is 27.2. The molecule has 14 heteroatoms. The minimum absolute atomic E-state index is 0.0572. The molecule has 3 N–H and O–H groups in total. The number of oxime groups is 1. The minimum Gasteiger partial charge on any atom is -0.426 e. The molecule has 2 saturated heterocycles. The molecule has 0 aromatic carbocycles. The average Bonchev–Trinajstić information content (AvgIpc) is 3.36. The summed E-state index contributed by atoms with van der Waals surface area (Å²) in [5.74, 6) is -2.32. The van der Waals surface area contributed by atoms with Gasteiger partial charge in [0.05, 0.1) is 0 Å². The number of esters is 2. The molecule has 3 fully saturated rings. The van der Waals surface area contributed by atoms with E-state index in [-0.39, 0.29) is 22.6 Å². The molecule has 3 aliphatic rings. The number of amides is 2. The van der Waals surface area contributed by atoms with Crippen LogP contribution in [0.15, 0.2) is 10.5 Å². The molecule has 2 aliphatic heterocycles. The van der Waals surface area contributed by atoms with E-state index in [1.165, 1.54) is 41.8 Å². The van der Waals surface area contributed by atoms with Crippen molar-refractivity contribution >= 4 is 57.7 Å². The van der Waals surface area contributed by atoms with Crippen molar-refractivity contribution in [2.75, 3.05) is 5.73 Å². The number of thioether (sulfide) groups is 1. The van der Waals surface area contributed by atoms with Crippen LogP contribution in [0.4, 0.5) is 5.13 Å². The SMILES string of the molecule is CC(=O)O[C@@H](C)OC(=O)[C@@H]1N2C(=O)[C@H](NC(=O)/C(=N\OC3CCCCC3)c3csc(N)n3)[C@H]2SC1(C)C. The molecule has 37 heavy (non-hydrogen) atoms. The molecule has 0 radical (unpaired) electrons. The Morgan fingerprint density at radius 3 is 2.57 bits per heavy atom. The molecule has 4 rings (SSSR count). The van der Waals surface area contributed by atoms with Crippen molar-refractivity contribution < 1.29 is 33.5 Å². The van der Waals surface area contributed by atoms with Crippen LogP contribution in [-0.2, 0) is 33.5 Å². The standard InChI is InChI=1S/C23H31N5O7S2/c1-11(29)33-12(2)34-21(32)17-23(3,4)37-20-16(19(31)28(17)20)26-18(30)15(14-10-36-22(24)25-14)27-35-13-8-6-5-7-9-13/h10,12-13,16-17,20H,5-9H2,1-4H3,(H2,24,25)(H,26,30)/b27-15-/t12-,16+,17+,20-/m1/s1. The Morgan fingerprint density at radius 2 is 1.95 bits per heavy atom. The Bertz CT molecular complexity index is 1100. The Morgan fingerprint density at radius 1 is 1.24 bits per heavy atom. The number of ether oxygens (including phenoxy) is 2. The first-order valence-electron chi connectivity index (χ1n) is 12.1. The third-order valence-corrected chi connectivity index (χ3v) is 8.64. The van der Waals surface area contributed by atoms with Gasteiger partial charge in [0.25, 0.3) is 5.91 Å². The molecule has 0 unspecified atom stereocenters. The number of carbonyl (C=O) groups excluding carboxylic acids is 4. The molecule has 3 heterocycles. The van der Waals surface area contributed by atoms with E-state index in [4.69, 9.17) is 20.0 Å². The molecule has 12 nitrogen and oxygen atoms in total. The number of nitrogen functional groups attached to an aromatic ring is 1. The first-order chi connectivity index (χ1) is 17.5. The number of nitrogens with zero attached hydrogens (tertiary/aromatic N) is 3. The summed E-state index contributed by atoms with van der Waals surface area (Å²) < 4.78 is 9.42. The highest BCUT2D eigenvalue weighted by atomic mass is 32.2. The largest absolute Gasteiger partial charge is 0.426 e. The summed E-state index contributed by atoms with van der Waals surface area (Å²) >= 11 is 2.54. The second-order valence-electron chi connectivity index (χ2n) is 9.70.